The Balaban J connectivity index is 1.72. The number of piperidine rings is 1. The van der Waals surface area contributed by atoms with E-state index in [9.17, 15) is 9.50 Å². The molecule has 0 bridgehead atoms. The van der Waals surface area contributed by atoms with Crippen molar-refractivity contribution in [3.8, 4) is 5.75 Å². The summed E-state index contributed by atoms with van der Waals surface area (Å²) in [6, 6.07) is 5.47. The first-order chi connectivity index (χ1) is 9.24. The van der Waals surface area contributed by atoms with E-state index in [0.717, 1.165) is 24.6 Å². The molecule has 0 unspecified atom stereocenters. The van der Waals surface area contributed by atoms with Crippen LogP contribution in [0.3, 0.4) is 0 Å². The van der Waals surface area contributed by atoms with Gasteiger partial charge in [-0.3, -0.25) is 4.90 Å². The summed E-state index contributed by atoms with van der Waals surface area (Å²) < 4.78 is 13.4. The molecule has 2 atom stereocenters. The van der Waals surface area contributed by atoms with Gasteiger partial charge in [0.15, 0.2) is 11.6 Å². The van der Waals surface area contributed by atoms with E-state index >= 15 is 0 Å². The van der Waals surface area contributed by atoms with Gasteiger partial charge < -0.3 is 5.11 Å². The number of hydrogen-bond donors (Lipinski definition) is 1. The van der Waals surface area contributed by atoms with Crippen LogP contribution in [0.15, 0.2) is 18.2 Å². The quantitative estimate of drug-likeness (QED) is 0.879. The number of phenolic OH excluding ortho intramolecular Hbond substituents is 1. The summed E-state index contributed by atoms with van der Waals surface area (Å²) in [5, 5.41) is 9.25. The number of aromatic hydroxyl groups is 1. The topological polar surface area (TPSA) is 23.5 Å². The van der Waals surface area contributed by atoms with Gasteiger partial charge in [0.1, 0.15) is 0 Å². The average Bonchev–Trinajstić information content (AvgIpc) is 2.43. The largest absolute Gasteiger partial charge is 0.505 e. The minimum atomic E-state index is -0.505. The first-order valence-corrected chi connectivity index (χ1v) is 7.45. The summed E-state index contributed by atoms with van der Waals surface area (Å²) in [6.07, 6.45) is 8.01. The predicted octanol–water partition coefficient (Wildman–Crippen LogP) is 3.69. The van der Waals surface area contributed by atoms with Crippen LogP contribution in [0, 0.1) is 11.7 Å². The molecule has 1 aromatic rings. The molecule has 3 heteroatoms. The van der Waals surface area contributed by atoms with Crippen LogP contribution in [-0.4, -0.2) is 22.6 Å². The van der Waals surface area contributed by atoms with E-state index in [1.165, 1.54) is 50.7 Å². The zero-order valence-electron chi connectivity index (χ0n) is 11.3. The Morgan fingerprint density at radius 1 is 1.16 bits per heavy atom. The monoisotopic (exact) mass is 263 g/mol. The van der Waals surface area contributed by atoms with Gasteiger partial charge in [0, 0.05) is 12.6 Å². The van der Waals surface area contributed by atoms with E-state index in [-0.39, 0.29) is 5.75 Å². The third kappa shape index (κ3) is 2.76. The first-order valence-electron chi connectivity index (χ1n) is 7.45. The lowest BCUT2D eigenvalue weighted by molar-refractivity contribution is 0.0546. The summed E-state index contributed by atoms with van der Waals surface area (Å²) in [5.41, 5.74) is 0.974. The van der Waals surface area contributed by atoms with Gasteiger partial charge in [0.05, 0.1) is 0 Å². The van der Waals surface area contributed by atoms with Crippen molar-refractivity contribution in [1.82, 2.24) is 4.90 Å². The Morgan fingerprint density at radius 3 is 2.79 bits per heavy atom. The summed E-state index contributed by atoms with van der Waals surface area (Å²) in [5.74, 6) is 0.0945. The standard InChI is InChI=1S/C16H22FNO/c17-14-10-12(7-8-16(14)19)11-18-9-3-5-13-4-1-2-6-15(13)18/h7-8,10,13,15,19H,1-6,9,11H2/t13-,15-/m1/s1. The molecule has 2 aliphatic rings. The van der Waals surface area contributed by atoms with Crippen molar-refractivity contribution in [2.45, 2.75) is 51.1 Å². The fraction of sp³-hybridized carbons (Fsp3) is 0.625. The van der Waals surface area contributed by atoms with E-state index in [4.69, 9.17) is 0 Å². The minimum Gasteiger partial charge on any atom is -0.505 e. The highest BCUT2D eigenvalue weighted by Gasteiger charge is 2.32. The molecule has 3 rings (SSSR count). The predicted molar refractivity (Wildman–Crippen MR) is 73.5 cm³/mol. The van der Waals surface area contributed by atoms with Crippen LogP contribution in [0.5, 0.6) is 5.75 Å². The van der Waals surface area contributed by atoms with Crippen LogP contribution in [0.2, 0.25) is 0 Å². The molecule has 0 aromatic heterocycles. The number of phenols is 1. The number of hydrogen-bond acceptors (Lipinski definition) is 2. The van der Waals surface area contributed by atoms with Gasteiger partial charge in [-0.05, 0) is 55.8 Å². The van der Waals surface area contributed by atoms with E-state index in [2.05, 4.69) is 4.90 Å². The molecule has 2 nitrogen and oxygen atoms in total. The zero-order chi connectivity index (χ0) is 13.2. The van der Waals surface area contributed by atoms with Gasteiger partial charge in [-0.25, -0.2) is 4.39 Å². The van der Waals surface area contributed by atoms with Crippen molar-refractivity contribution >= 4 is 0 Å². The Morgan fingerprint density at radius 2 is 1.95 bits per heavy atom. The molecule has 1 saturated heterocycles. The van der Waals surface area contributed by atoms with E-state index in [0.29, 0.717) is 6.04 Å². The van der Waals surface area contributed by atoms with Crippen LogP contribution >= 0.6 is 0 Å². The van der Waals surface area contributed by atoms with Gasteiger partial charge in [0.2, 0.25) is 0 Å². The lowest BCUT2D eigenvalue weighted by Crippen LogP contribution is -2.46. The van der Waals surface area contributed by atoms with Crippen LogP contribution < -0.4 is 0 Å². The Labute approximate surface area is 114 Å². The normalized spacial score (nSPS) is 28.1. The van der Waals surface area contributed by atoms with Crippen molar-refractivity contribution in [3.63, 3.8) is 0 Å². The van der Waals surface area contributed by atoms with E-state index in [1.807, 2.05) is 6.07 Å². The van der Waals surface area contributed by atoms with Crippen LogP contribution in [-0.2, 0) is 6.54 Å². The molecule has 0 spiro atoms. The molecular formula is C16H22FNO. The van der Waals surface area contributed by atoms with Crippen molar-refractivity contribution in [3.05, 3.63) is 29.6 Å². The molecule has 0 radical (unpaired) electrons. The van der Waals surface area contributed by atoms with Gasteiger partial charge in [-0.1, -0.05) is 18.9 Å². The third-order valence-electron chi connectivity index (χ3n) is 4.76. The Kier molecular flexibility index (Phi) is 3.74. The van der Waals surface area contributed by atoms with Gasteiger partial charge >= 0.3 is 0 Å². The molecule has 1 saturated carbocycles. The fourth-order valence-electron chi connectivity index (χ4n) is 3.81. The number of benzene rings is 1. The number of likely N-dealkylation sites (tertiary alicyclic amines) is 1. The lowest BCUT2D eigenvalue weighted by Gasteiger charge is -2.44. The van der Waals surface area contributed by atoms with Gasteiger partial charge in [-0.15, -0.1) is 0 Å². The highest BCUT2D eigenvalue weighted by molar-refractivity contribution is 5.28. The van der Waals surface area contributed by atoms with Crippen molar-refractivity contribution in [2.75, 3.05) is 6.54 Å². The molecule has 1 aliphatic carbocycles. The zero-order valence-corrected chi connectivity index (χ0v) is 11.3. The molecule has 1 aliphatic heterocycles. The molecule has 104 valence electrons. The number of rotatable bonds is 2. The smallest absolute Gasteiger partial charge is 0.165 e. The van der Waals surface area contributed by atoms with E-state index in [1.54, 1.807) is 0 Å². The molecular weight excluding hydrogens is 241 g/mol. The average molecular weight is 263 g/mol. The maximum atomic E-state index is 13.4. The maximum absolute atomic E-state index is 13.4. The van der Waals surface area contributed by atoms with Crippen LogP contribution in [0.25, 0.3) is 0 Å². The minimum absolute atomic E-state index is 0.252. The summed E-state index contributed by atoms with van der Waals surface area (Å²) >= 11 is 0. The number of nitrogens with zero attached hydrogens (tertiary/aromatic N) is 1. The number of halogens is 1. The van der Waals surface area contributed by atoms with Crippen molar-refractivity contribution < 1.29 is 9.50 Å². The van der Waals surface area contributed by atoms with Crippen LogP contribution in [0.4, 0.5) is 4.39 Å². The summed E-state index contributed by atoms with van der Waals surface area (Å²) in [6.45, 7) is 1.95. The lowest BCUT2D eigenvalue weighted by atomic mass is 9.78. The highest BCUT2D eigenvalue weighted by atomic mass is 19.1. The molecule has 1 N–H and O–H groups in total. The highest BCUT2D eigenvalue weighted by Crippen LogP contribution is 2.36. The molecule has 1 heterocycles. The second-order valence-electron chi connectivity index (χ2n) is 6.01. The summed E-state index contributed by atoms with van der Waals surface area (Å²) in [4.78, 5) is 2.53. The van der Waals surface area contributed by atoms with Gasteiger partial charge in [-0.2, -0.15) is 0 Å². The van der Waals surface area contributed by atoms with Crippen molar-refractivity contribution in [2.24, 2.45) is 5.92 Å². The SMILES string of the molecule is Oc1ccc(CN2CCC[C@H]3CCCC[C@H]32)cc1F. The molecule has 2 fully saturated rings. The van der Waals surface area contributed by atoms with Gasteiger partial charge in [0.25, 0.3) is 0 Å². The maximum Gasteiger partial charge on any atom is 0.165 e. The fourth-order valence-corrected chi connectivity index (χ4v) is 3.81. The van der Waals surface area contributed by atoms with E-state index < -0.39 is 5.82 Å². The first kappa shape index (κ1) is 12.9. The number of fused-ring (bicyclic) bond motifs is 1. The molecule has 0 amide bonds. The second kappa shape index (κ2) is 5.49. The third-order valence-corrected chi connectivity index (χ3v) is 4.76. The second-order valence-corrected chi connectivity index (χ2v) is 6.01. The Hall–Kier alpha value is -1.09. The van der Waals surface area contributed by atoms with Crippen LogP contribution in [0.1, 0.15) is 44.1 Å². The Bertz CT molecular complexity index is 446. The molecule has 1 aromatic carbocycles. The van der Waals surface area contributed by atoms with Crippen molar-refractivity contribution in [1.29, 1.82) is 0 Å². The molecule has 19 heavy (non-hydrogen) atoms. The summed E-state index contributed by atoms with van der Waals surface area (Å²) in [7, 11) is 0.